The van der Waals surface area contributed by atoms with E-state index < -0.39 is 29.7 Å². The highest BCUT2D eigenvalue weighted by atomic mass is 79.9. The van der Waals surface area contributed by atoms with Crippen molar-refractivity contribution in [1.82, 2.24) is 4.90 Å². The number of aromatic hydroxyl groups is 1. The van der Waals surface area contributed by atoms with Crippen LogP contribution in [0.2, 0.25) is 0 Å². The first-order chi connectivity index (χ1) is 15.2. The third-order valence-corrected chi connectivity index (χ3v) is 7.20. The second kappa shape index (κ2) is 8.83. The van der Waals surface area contributed by atoms with E-state index in [0.717, 1.165) is 46.7 Å². The molecule has 0 saturated carbocycles. The number of rotatable bonds is 4. The molecule has 32 heavy (non-hydrogen) atoms. The summed E-state index contributed by atoms with van der Waals surface area (Å²) in [6, 6.07) is 5.30. The normalized spacial score (nSPS) is 27.6. The van der Waals surface area contributed by atoms with Crippen molar-refractivity contribution in [2.24, 2.45) is 17.8 Å². The smallest absolute Gasteiger partial charge is 0.423 e. The lowest BCUT2D eigenvalue weighted by Gasteiger charge is -2.30. The number of fused-ring (bicyclic) bond motifs is 3. The molecule has 0 bridgehead atoms. The molecule has 8 heteroatoms. The first-order valence-corrected chi connectivity index (χ1v) is 11.4. The van der Waals surface area contributed by atoms with E-state index in [0.29, 0.717) is 17.9 Å². The number of allylic oxidation sites excluding steroid dienone is 2. The number of phenols is 1. The molecule has 1 N–H and O–H groups in total. The maximum Gasteiger partial charge on any atom is 0.423 e. The lowest BCUT2D eigenvalue weighted by molar-refractivity contribution is -0.137. The SMILES string of the molecule is COC(=O)N1C(=O)[C@@H]2[C@@H](CC(C)=C3[C@@H](CC/C(C)=C/c4cc(Br)ccc4O)OC[C@@H]32)C1=O. The molecule has 170 valence electrons. The van der Waals surface area contributed by atoms with Crippen LogP contribution in [0.1, 0.15) is 38.7 Å². The van der Waals surface area contributed by atoms with Gasteiger partial charge in [0, 0.05) is 16.0 Å². The van der Waals surface area contributed by atoms with Gasteiger partial charge in [0.1, 0.15) is 5.75 Å². The topological polar surface area (TPSA) is 93.1 Å². The van der Waals surface area contributed by atoms with Gasteiger partial charge in [-0.1, -0.05) is 33.2 Å². The van der Waals surface area contributed by atoms with Crippen molar-refractivity contribution in [2.75, 3.05) is 13.7 Å². The summed E-state index contributed by atoms with van der Waals surface area (Å²) in [5.41, 5.74) is 4.01. The van der Waals surface area contributed by atoms with Crippen LogP contribution in [0.4, 0.5) is 4.79 Å². The number of amides is 3. The van der Waals surface area contributed by atoms with Gasteiger partial charge in [-0.2, -0.15) is 4.90 Å². The van der Waals surface area contributed by atoms with E-state index in [1.807, 2.05) is 26.0 Å². The number of nitrogens with zero attached hydrogens (tertiary/aromatic N) is 1. The van der Waals surface area contributed by atoms with Gasteiger partial charge < -0.3 is 14.6 Å². The first-order valence-electron chi connectivity index (χ1n) is 10.7. The zero-order chi connectivity index (χ0) is 23.2. The van der Waals surface area contributed by atoms with Crippen LogP contribution in [0.5, 0.6) is 5.75 Å². The predicted octanol–water partition coefficient (Wildman–Crippen LogP) is 4.44. The Morgan fingerprint density at radius 2 is 2.06 bits per heavy atom. The number of likely N-dealkylation sites (tertiary alicyclic amines) is 1. The average molecular weight is 504 g/mol. The Morgan fingerprint density at radius 3 is 2.78 bits per heavy atom. The van der Waals surface area contributed by atoms with E-state index in [9.17, 15) is 19.5 Å². The summed E-state index contributed by atoms with van der Waals surface area (Å²) in [5, 5.41) is 10.1. The predicted molar refractivity (Wildman–Crippen MR) is 120 cm³/mol. The fourth-order valence-corrected chi connectivity index (χ4v) is 5.62. The molecule has 4 rings (SSSR count). The summed E-state index contributed by atoms with van der Waals surface area (Å²) < 4.78 is 11.6. The summed E-state index contributed by atoms with van der Waals surface area (Å²) in [5.74, 6) is -2.02. The van der Waals surface area contributed by atoms with Crippen molar-refractivity contribution in [2.45, 2.75) is 39.2 Å². The van der Waals surface area contributed by atoms with Crippen LogP contribution < -0.4 is 0 Å². The Labute approximate surface area is 195 Å². The highest BCUT2D eigenvalue weighted by Gasteiger charge is 2.58. The molecule has 3 aliphatic rings. The molecular weight excluding hydrogens is 478 g/mol. The van der Waals surface area contributed by atoms with Crippen molar-refractivity contribution in [1.29, 1.82) is 0 Å². The van der Waals surface area contributed by atoms with E-state index in [1.165, 1.54) is 0 Å². The van der Waals surface area contributed by atoms with E-state index >= 15 is 0 Å². The maximum atomic E-state index is 12.9. The van der Waals surface area contributed by atoms with E-state index in [2.05, 4.69) is 20.7 Å². The minimum atomic E-state index is -0.916. The number of imide groups is 3. The quantitative estimate of drug-likeness (QED) is 0.482. The van der Waals surface area contributed by atoms with Crippen molar-refractivity contribution >= 4 is 39.9 Å². The summed E-state index contributed by atoms with van der Waals surface area (Å²) in [4.78, 5) is 38.3. The Balaban J connectivity index is 1.50. The van der Waals surface area contributed by atoms with Gasteiger partial charge in [0.25, 0.3) is 0 Å². The van der Waals surface area contributed by atoms with Crippen molar-refractivity contribution in [3.63, 3.8) is 0 Å². The Morgan fingerprint density at radius 1 is 1.31 bits per heavy atom. The van der Waals surface area contributed by atoms with Gasteiger partial charge in [0.15, 0.2) is 0 Å². The zero-order valence-electron chi connectivity index (χ0n) is 18.3. The van der Waals surface area contributed by atoms with Crippen LogP contribution in [-0.4, -0.2) is 47.7 Å². The largest absolute Gasteiger partial charge is 0.507 e. The van der Waals surface area contributed by atoms with Crippen LogP contribution >= 0.6 is 15.9 Å². The summed E-state index contributed by atoms with van der Waals surface area (Å²) in [6.45, 7) is 4.36. The van der Waals surface area contributed by atoms with Crippen LogP contribution in [0.15, 0.2) is 39.4 Å². The standard InChI is InChI=1S/C24H26BrNO6/c1-12(8-14-10-15(25)5-6-18(14)27)4-7-19-20-13(2)9-16-21(17(20)11-32-19)23(29)26(22(16)28)24(30)31-3/h5-6,8,10,16-17,19,21,27H,4,7,9,11H2,1-3H3/b12-8+/t16-,17+,19-,21-/m1/s1. The molecule has 0 spiro atoms. The van der Waals surface area contributed by atoms with Crippen LogP contribution in [0.25, 0.3) is 6.08 Å². The zero-order valence-corrected chi connectivity index (χ0v) is 19.8. The van der Waals surface area contributed by atoms with Gasteiger partial charge in [0.05, 0.1) is 31.7 Å². The van der Waals surface area contributed by atoms with Gasteiger partial charge in [-0.25, -0.2) is 4.79 Å². The van der Waals surface area contributed by atoms with E-state index in [-0.39, 0.29) is 17.8 Å². The number of hydrogen-bond acceptors (Lipinski definition) is 6. The molecule has 1 aromatic rings. The molecule has 0 unspecified atom stereocenters. The minimum Gasteiger partial charge on any atom is -0.507 e. The fourth-order valence-electron chi connectivity index (χ4n) is 5.24. The van der Waals surface area contributed by atoms with Crippen molar-refractivity contribution < 1.29 is 29.0 Å². The molecule has 2 saturated heterocycles. The van der Waals surface area contributed by atoms with Gasteiger partial charge in [0.2, 0.25) is 11.8 Å². The lowest BCUT2D eigenvalue weighted by Crippen LogP contribution is -2.37. The van der Waals surface area contributed by atoms with Crippen molar-refractivity contribution in [3.05, 3.63) is 45.0 Å². The second-order valence-electron chi connectivity index (χ2n) is 8.71. The van der Waals surface area contributed by atoms with E-state index in [1.54, 1.807) is 12.1 Å². The van der Waals surface area contributed by atoms with Gasteiger partial charge in [-0.05, 0) is 56.9 Å². The number of hydrogen-bond donors (Lipinski definition) is 1. The molecule has 2 heterocycles. The third-order valence-electron chi connectivity index (χ3n) is 6.70. The van der Waals surface area contributed by atoms with Crippen LogP contribution in [0.3, 0.4) is 0 Å². The minimum absolute atomic E-state index is 0.129. The number of methoxy groups -OCH3 is 1. The third kappa shape index (κ3) is 3.90. The molecule has 4 atom stereocenters. The molecule has 2 fully saturated rings. The Bertz CT molecular complexity index is 1040. The maximum absolute atomic E-state index is 12.9. The average Bonchev–Trinajstić information content (AvgIpc) is 3.28. The monoisotopic (exact) mass is 503 g/mol. The number of halogens is 1. The Kier molecular flexibility index (Phi) is 6.27. The summed E-state index contributed by atoms with van der Waals surface area (Å²) in [7, 11) is 1.16. The lowest BCUT2D eigenvalue weighted by atomic mass is 9.70. The van der Waals surface area contributed by atoms with Crippen LogP contribution in [-0.2, 0) is 19.1 Å². The fraction of sp³-hybridized carbons (Fsp3) is 0.458. The molecular formula is C24H26BrNO6. The number of carbonyl (C=O) groups is 3. The van der Waals surface area contributed by atoms with E-state index in [4.69, 9.17) is 4.74 Å². The number of phenolic OH excluding ortho intramolecular Hbond substituents is 1. The molecule has 7 nitrogen and oxygen atoms in total. The van der Waals surface area contributed by atoms with Gasteiger partial charge in [-0.3, -0.25) is 9.59 Å². The molecule has 3 amide bonds. The number of carbonyl (C=O) groups excluding carboxylic acids is 3. The first kappa shape index (κ1) is 22.7. The van der Waals surface area contributed by atoms with Gasteiger partial charge >= 0.3 is 6.09 Å². The highest BCUT2D eigenvalue weighted by molar-refractivity contribution is 9.10. The number of ether oxygens (including phenoxy) is 2. The highest BCUT2D eigenvalue weighted by Crippen LogP contribution is 2.49. The van der Waals surface area contributed by atoms with Gasteiger partial charge in [-0.15, -0.1) is 0 Å². The summed E-state index contributed by atoms with van der Waals surface area (Å²) >= 11 is 3.42. The molecule has 0 aromatic heterocycles. The second-order valence-corrected chi connectivity index (χ2v) is 9.63. The Hall–Kier alpha value is -2.45. The molecule has 1 aliphatic carbocycles. The number of benzene rings is 1. The molecule has 2 aliphatic heterocycles. The molecule has 0 radical (unpaired) electrons. The van der Waals surface area contributed by atoms with Crippen LogP contribution in [0, 0.1) is 17.8 Å². The molecule has 1 aromatic carbocycles. The summed E-state index contributed by atoms with van der Waals surface area (Å²) in [6.07, 6.45) is 2.86. The van der Waals surface area contributed by atoms with Crippen molar-refractivity contribution in [3.8, 4) is 5.75 Å².